The topological polar surface area (TPSA) is 26.9 Å². The van der Waals surface area contributed by atoms with E-state index in [0.717, 1.165) is 21.1 Å². The average molecular weight is 252 g/mol. The Morgan fingerprint density at radius 2 is 2.06 bits per heavy atom. The van der Waals surface area contributed by atoms with Gasteiger partial charge >= 0.3 is 0 Å². The summed E-state index contributed by atoms with van der Waals surface area (Å²) in [5.74, 6) is 0.743. The Hall–Kier alpha value is -1.19. The fraction of sp³-hybridized carbons (Fsp3) is 0.0833. The van der Waals surface area contributed by atoms with Gasteiger partial charge < -0.3 is 5.21 Å². The van der Waals surface area contributed by atoms with Crippen molar-refractivity contribution >= 4 is 23.4 Å². The molecule has 1 aromatic carbocycles. The molecule has 0 saturated heterocycles. The molecule has 1 heterocycles. The molecule has 0 atom stereocenters. The second-order valence-corrected chi connectivity index (χ2v) is 4.72. The van der Waals surface area contributed by atoms with Crippen LogP contribution in [-0.2, 0) is 5.75 Å². The molecule has 0 saturated carbocycles. The zero-order chi connectivity index (χ0) is 11.4. The molecular weight excluding hydrogens is 242 g/mol. The predicted molar refractivity (Wildman–Crippen MR) is 66.4 cm³/mol. The monoisotopic (exact) mass is 251 g/mol. The maximum absolute atomic E-state index is 11.4. The Balaban J connectivity index is 2.05. The van der Waals surface area contributed by atoms with E-state index in [0.29, 0.717) is 5.03 Å². The maximum Gasteiger partial charge on any atom is 0.251 e. The van der Waals surface area contributed by atoms with E-state index in [1.807, 2.05) is 36.4 Å². The lowest BCUT2D eigenvalue weighted by Crippen LogP contribution is -2.27. The third-order valence-electron chi connectivity index (χ3n) is 2.06. The largest absolute Gasteiger partial charge is 0.618 e. The van der Waals surface area contributed by atoms with Crippen LogP contribution in [0.4, 0.5) is 0 Å². The van der Waals surface area contributed by atoms with Crippen molar-refractivity contribution in [2.75, 3.05) is 0 Å². The van der Waals surface area contributed by atoms with E-state index in [1.165, 1.54) is 18.0 Å². The Kier molecular flexibility index (Phi) is 3.70. The van der Waals surface area contributed by atoms with Crippen molar-refractivity contribution in [1.29, 1.82) is 0 Å². The van der Waals surface area contributed by atoms with Crippen LogP contribution >= 0.6 is 23.4 Å². The zero-order valence-corrected chi connectivity index (χ0v) is 10.0. The van der Waals surface area contributed by atoms with Gasteiger partial charge in [-0.1, -0.05) is 35.5 Å². The molecule has 0 fully saturated rings. The van der Waals surface area contributed by atoms with Crippen LogP contribution < -0.4 is 4.73 Å². The molecule has 2 nitrogen and oxygen atoms in total. The molecule has 0 N–H and O–H groups in total. The molecule has 0 unspecified atom stereocenters. The molecule has 0 spiro atoms. The predicted octanol–water partition coefficient (Wildman–Crippen LogP) is 3.27. The third-order valence-corrected chi connectivity index (χ3v) is 3.39. The van der Waals surface area contributed by atoms with Crippen LogP contribution in [0.15, 0.2) is 53.7 Å². The lowest BCUT2D eigenvalue weighted by Gasteiger charge is -2.03. The smallest absolute Gasteiger partial charge is 0.251 e. The normalized spacial score (nSPS) is 10.3. The fourth-order valence-electron chi connectivity index (χ4n) is 1.31. The van der Waals surface area contributed by atoms with Crippen molar-refractivity contribution in [3.8, 4) is 0 Å². The van der Waals surface area contributed by atoms with E-state index in [1.54, 1.807) is 6.07 Å². The number of thioether (sulfide) groups is 1. The maximum atomic E-state index is 11.4. The fourth-order valence-corrected chi connectivity index (χ4v) is 2.38. The lowest BCUT2D eigenvalue weighted by atomic mass is 10.2. The first-order valence-corrected chi connectivity index (χ1v) is 6.17. The number of aromatic nitrogens is 1. The van der Waals surface area contributed by atoms with E-state index in [2.05, 4.69) is 0 Å². The van der Waals surface area contributed by atoms with Crippen LogP contribution in [0.1, 0.15) is 5.56 Å². The highest BCUT2D eigenvalue weighted by atomic mass is 35.5. The van der Waals surface area contributed by atoms with Gasteiger partial charge in [0.1, 0.15) is 0 Å². The van der Waals surface area contributed by atoms with Crippen molar-refractivity contribution in [2.24, 2.45) is 0 Å². The molecule has 82 valence electrons. The summed E-state index contributed by atoms with van der Waals surface area (Å²) in [6.45, 7) is 0. The number of pyridine rings is 1. The molecule has 0 aliphatic heterocycles. The summed E-state index contributed by atoms with van der Waals surface area (Å²) in [6.07, 6.45) is 1.50. The summed E-state index contributed by atoms with van der Waals surface area (Å²) in [4.78, 5) is 0. The van der Waals surface area contributed by atoms with Gasteiger partial charge in [0.15, 0.2) is 6.20 Å². The first-order chi connectivity index (χ1) is 7.75. The molecule has 4 heteroatoms. The Labute approximate surface area is 103 Å². The van der Waals surface area contributed by atoms with E-state index in [4.69, 9.17) is 11.6 Å². The van der Waals surface area contributed by atoms with E-state index in [9.17, 15) is 5.21 Å². The quantitative estimate of drug-likeness (QED) is 0.476. The van der Waals surface area contributed by atoms with Gasteiger partial charge in [-0.15, -0.1) is 0 Å². The Bertz CT molecular complexity index is 490. The highest BCUT2D eigenvalue weighted by molar-refractivity contribution is 7.98. The SMILES string of the molecule is [O-][n+]1ccccc1SCc1cccc(Cl)c1. The van der Waals surface area contributed by atoms with Crippen LogP contribution in [0.2, 0.25) is 5.02 Å². The molecule has 0 aliphatic rings. The van der Waals surface area contributed by atoms with Gasteiger partial charge in [-0.2, -0.15) is 4.73 Å². The Morgan fingerprint density at radius 3 is 2.81 bits per heavy atom. The number of halogens is 1. The Morgan fingerprint density at radius 1 is 1.19 bits per heavy atom. The van der Waals surface area contributed by atoms with Crippen molar-refractivity contribution in [2.45, 2.75) is 10.8 Å². The van der Waals surface area contributed by atoms with Crippen LogP contribution in [0.3, 0.4) is 0 Å². The number of hydrogen-bond acceptors (Lipinski definition) is 2. The van der Waals surface area contributed by atoms with E-state index >= 15 is 0 Å². The number of benzene rings is 1. The van der Waals surface area contributed by atoms with Gasteiger partial charge in [-0.3, -0.25) is 0 Å². The molecule has 16 heavy (non-hydrogen) atoms. The standard InChI is InChI=1S/C12H10ClNOS/c13-11-5-3-4-10(8-11)9-16-12-6-1-2-7-14(12)15/h1-8H,9H2. The summed E-state index contributed by atoms with van der Waals surface area (Å²) in [7, 11) is 0. The number of hydrogen-bond donors (Lipinski definition) is 0. The molecule has 1 aromatic heterocycles. The van der Waals surface area contributed by atoms with E-state index in [-0.39, 0.29) is 0 Å². The highest BCUT2D eigenvalue weighted by Gasteiger charge is 2.04. The van der Waals surface area contributed by atoms with Gasteiger partial charge in [-0.05, 0) is 23.8 Å². The molecule has 0 amide bonds. The summed E-state index contributed by atoms with van der Waals surface area (Å²) in [5, 5.41) is 12.8. The van der Waals surface area contributed by atoms with Gasteiger partial charge in [0.25, 0.3) is 5.03 Å². The van der Waals surface area contributed by atoms with Crippen LogP contribution in [0.25, 0.3) is 0 Å². The molecule has 2 aromatic rings. The second-order valence-electron chi connectivity index (χ2n) is 3.28. The summed E-state index contributed by atoms with van der Waals surface area (Å²) in [5.41, 5.74) is 1.11. The molecule has 0 aliphatic carbocycles. The van der Waals surface area contributed by atoms with Gasteiger partial charge in [0.2, 0.25) is 0 Å². The third kappa shape index (κ3) is 2.90. The lowest BCUT2D eigenvalue weighted by molar-refractivity contribution is -0.645. The second kappa shape index (κ2) is 5.23. The summed E-state index contributed by atoms with van der Waals surface area (Å²) >= 11 is 7.38. The zero-order valence-electron chi connectivity index (χ0n) is 8.47. The minimum absolute atomic E-state index is 0.697. The highest BCUT2D eigenvalue weighted by Crippen LogP contribution is 2.21. The summed E-state index contributed by atoms with van der Waals surface area (Å²) in [6, 6.07) is 13.0. The van der Waals surface area contributed by atoms with Crippen LogP contribution in [0.5, 0.6) is 0 Å². The van der Waals surface area contributed by atoms with Gasteiger partial charge in [0, 0.05) is 22.9 Å². The summed E-state index contributed by atoms with van der Waals surface area (Å²) < 4.78 is 0.870. The molecule has 0 radical (unpaired) electrons. The van der Waals surface area contributed by atoms with Crippen molar-refractivity contribution in [3.05, 3.63) is 64.5 Å². The van der Waals surface area contributed by atoms with Crippen molar-refractivity contribution < 1.29 is 4.73 Å². The molecular formula is C12H10ClNOS. The molecule has 2 rings (SSSR count). The minimum Gasteiger partial charge on any atom is -0.618 e. The average Bonchev–Trinajstić information content (AvgIpc) is 2.28. The van der Waals surface area contributed by atoms with E-state index < -0.39 is 0 Å². The molecule has 0 bridgehead atoms. The van der Waals surface area contributed by atoms with Crippen molar-refractivity contribution in [3.63, 3.8) is 0 Å². The van der Waals surface area contributed by atoms with Gasteiger partial charge in [0.05, 0.1) is 0 Å². The number of rotatable bonds is 3. The van der Waals surface area contributed by atoms with Crippen LogP contribution in [0, 0.1) is 5.21 Å². The van der Waals surface area contributed by atoms with Crippen LogP contribution in [-0.4, -0.2) is 0 Å². The first kappa shape index (κ1) is 11.3. The number of nitrogens with zero attached hydrogens (tertiary/aromatic N) is 1. The minimum atomic E-state index is 0.697. The van der Waals surface area contributed by atoms with Crippen molar-refractivity contribution in [1.82, 2.24) is 0 Å². The van der Waals surface area contributed by atoms with Gasteiger partial charge in [-0.25, -0.2) is 0 Å². The first-order valence-electron chi connectivity index (χ1n) is 4.81.